The van der Waals surface area contributed by atoms with Gasteiger partial charge in [0.1, 0.15) is 0 Å². The van der Waals surface area contributed by atoms with Crippen LogP contribution in [0.2, 0.25) is 0 Å². The van der Waals surface area contributed by atoms with Crippen LogP contribution in [0.1, 0.15) is 12.5 Å². The summed E-state index contributed by atoms with van der Waals surface area (Å²) in [6.07, 6.45) is 1.88. The molecule has 0 unspecified atom stereocenters. The monoisotopic (exact) mass is 389 g/mol. The van der Waals surface area contributed by atoms with Gasteiger partial charge in [-0.2, -0.15) is 0 Å². The predicted molar refractivity (Wildman–Crippen MR) is 99.4 cm³/mol. The van der Waals surface area contributed by atoms with Crippen molar-refractivity contribution in [2.75, 3.05) is 18.0 Å². The average molecular weight is 389 g/mol. The van der Waals surface area contributed by atoms with Crippen LogP contribution in [0.3, 0.4) is 0 Å². The van der Waals surface area contributed by atoms with Crippen LogP contribution in [0, 0.1) is 17.5 Å². The molecular formula is C20H18F3N3O2. The highest BCUT2D eigenvalue weighted by Crippen LogP contribution is 2.23. The van der Waals surface area contributed by atoms with Crippen LogP contribution in [-0.4, -0.2) is 29.9 Å². The van der Waals surface area contributed by atoms with E-state index < -0.39 is 23.4 Å². The number of carbonyl (C=O) groups excluding carboxylic acids is 2. The fourth-order valence-corrected chi connectivity index (χ4v) is 2.99. The van der Waals surface area contributed by atoms with Gasteiger partial charge in [0.25, 0.3) is 0 Å². The lowest BCUT2D eigenvalue weighted by molar-refractivity contribution is -0.121. The highest BCUT2D eigenvalue weighted by molar-refractivity contribution is 5.92. The summed E-state index contributed by atoms with van der Waals surface area (Å²) in [7, 11) is 0. The Hall–Kier alpha value is -3.29. The van der Waals surface area contributed by atoms with Crippen molar-refractivity contribution in [3.63, 3.8) is 0 Å². The van der Waals surface area contributed by atoms with Crippen molar-refractivity contribution in [1.29, 1.82) is 0 Å². The molecule has 28 heavy (non-hydrogen) atoms. The molecule has 0 saturated carbocycles. The Morgan fingerprint density at radius 3 is 2.57 bits per heavy atom. The van der Waals surface area contributed by atoms with Crippen LogP contribution in [0.25, 0.3) is 10.9 Å². The van der Waals surface area contributed by atoms with Gasteiger partial charge in [-0.05, 0) is 23.8 Å². The van der Waals surface area contributed by atoms with Gasteiger partial charge in [-0.15, -0.1) is 0 Å². The maximum Gasteiger partial charge on any atom is 0.224 e. The Morgan fingerprint density at radius 2 is 1.82 bits per heavy atom. The van der Waals surface area contributed by atoms with Gasteiger partial charge in [-0.25, -0.2) is 13.2 Å². The topological polar surface area (TPSA) is 65.2 Å². The first-order valence-electron chi connectivity index (χ1n) is 8.61. The molecule has 0 aliphatic rings. The van der Waals surface area contributed by atoms with Crippen molar-refractivity contribution in [2.24, 2.45) is 0 Å². The van der Waals surface area contributed by atoms with E-state index in [0.717, 1.165) is 33.5 Å². The minimum absolute atomic E-state index is 0.0270. The molecule has 2 amide bonds. The predicted octanol–water partition coefficient (Wildman–Crippen LogP) is 3.30. The number of para-hydroxylation sites is 1. The molecule has 0 bridgehead atoms. The number of fused-ring (bicyclic) bond motifs is 1. The molecule has 0 saturated heterocycles. The van der Waals surface area contributed by atoms with Gasteiger partial charge < -0.3 is 15.2 Å². The van der Waals surface area contributed by atoms with Crippen LogP contribution < -0.4 is 10.2 Å². The maximum atomic E-state index is 14.0. The lowest BCUT2D eigenvalue weighted by atomic mass is 10.1. The van der Waals surface area contributed by atoms with Gasteiger partial charge in [0, 0.05) is 37.1 Å². The largest absolute Gasteiger partial charge is 0.361 e. The van der Waals surface area contributed by atoms with E-state index >= 15 is 0 Å². The SMILES string of the molecule is CC(=O)N(CCNC(=O)Cc1c[nH]c2ccccc12)c1ccc(F)c(F)c1F. The lowest BCUT2D eigenvalue weighted by Crippen LogP contribution is -2.38. The second-order valence-corrected chi connectivity index (χ2v) is 6.25. The molecule has 1 aromatic heterocycles. The summed E-state index contributed by atoms with van der Waals surface area (Å²) in [4.78, 5) is 28.0. The quantitative estimate of drug-likeness (QED) is 0.636. The summed E-state index contributed by atoms with van der Waals surface area (Å²) in [5, 5.41) is 3.59. The van der Waals surface area contributed by atoms with E-state index in [1.54, 1.807) is 6.20 Å². The zero-order valence-corrected chi connectivity index (χ0v) is 15.1. The van der Waals surface area contributed by atoms with Crippen molar-refractivity contribution in [1.82, 2.24) is 10.3 Å². The molecular weight excluding hydrogens is 371 g/mol. The Morgan fingerprint density at radius 1 is 1.07 bits per heavy atom. The van der Waals surface area contributed by atoms with Crippen LogP contribution in [0.4, 0.5) is 18.9 Å². The van der Waals surface area contributed by atoms with Gasteiger partial charge in [-0.3, -0.25) is 9.59 Å². The number of aromatic nitrogens is 1. The molecule has 0 radical (unpaired) electrons. The average Bonchev–Trinajstić information content (AvgIpc) is 3.07. The Kier molecular flexibility index (Phi) is 5.67. The first kappa shape index (κ1) is 19.5. The third-order valence-corrected chi connectivity index (χ3v) is 4.37. The molecule has 5 nitrogen and oxygen atoms in total. The number of nitrogens with one attached hydrogen (secondary N) is 2. The van der Waals surface area contributed by atoms with Crippen molar-refractivity contribution in [3.8, 4) is 0 Å². The molecule has 8 heteroatoms. The summed E-state index contributed by atoms with van der Waals surface area (Å²) in [6, 6.07) is 9.30. The minimum atomic E-state index is -1.65. The molecule has 2 aromatic carbocycles. The van der Waals surface area contributed by atoms with Crippen molar-refractivity contribution < 1.29 is 22.8 Å². The normalized spacial score (nSPS) is 10.9. The van der Waals surface area contributed by atoms with Crippen molar-refractivity contribution >= 4 is 28.4 Å². The number of halogens is 3. The van der Waals surface area contributed by atoms with Gasteiger partial charge in [0.2, 0.25) is 11.8 Å². The number of hydrogen-bond donors (Lipinski definition) is 2. The Balaban J connectivity index is 1.63. The van der Waals surface area contributed by atoms with Crippen molar-refractivity contribution in [2.45, 2.75) is 13.3 Å². The maximum absolute atomic E-state index is 14.0. The fourth-order valence-electron chi connectivity index (χ4n) is 2.99. The fraction of sp³-hybridized carbons (Fsp3) is 0.200. The number of anilines is 1. The molecule has 146 valence electrons. The second-order valence-electron chi connectivity index (χ2n) is 6.25. The summed E-state index contributed by atoms with van der Waals surface area (Å²) in [5.74, 6) is -5.26. The van der Waals surface area contributed by atoms with Gasteiger partial charge in [-0.1, -0.05) is 18.2 Å². The van der Waals surface area contributed by atoms with E-state index in [0.29, 0.717) is 0 Å². The van der Waals surface area contributed by atoms with E-state index in [9.17, 15) is 22.8 Å². The number of benzene rings is 2. The highest BCUT2D eigenvalue weighted by Gasteiger charge is 2.21. The molecule has 0 aliphatic carbocycles. The first-order valence-corrected chi connectivity index (χ1v) is 8.61. The molecule has 2 N–H and O–H groups in total. The molecule has 0 atom stereocenters. The molecule has 0 fully saturated rings. The van der Waals surface area contributed by atoms with Crippen LogP contribution >= 0.6 is 0 Å². The van der Waals surface area contributed by atoms with E-state index in [4.69, 9.17) is 0 Å². The summed E-state index contributed by atoms with van der Waals surface area (Å²) in [5.41, 5.74) is 1.36. The van der Waals surface area contributed by atoms with Gasteiger partial charge in [0.15, 0.2) is 17.5 Å². The molecule has 0 spiro atoms. The molecule has 1 heterocycles. The van der Waals surface area contributed by atoms with E-state index in [1.807, 2.05) is 24.3 Å². The number of carbonyl (C=O) groups is 2. The number of amides is 2. The highest BCUT2D eigenvalue weighted by atomic mass is 19.2. The smallest absolute Gasteiger partial charge is 0.224 e. The molecule has 0 aliphatic heterocycles. The summed E-state index contributed by atoms with van der Waals surface area (Å²) < 4.78 is 40.5. The zero-order valence-electron chi connectivity index (χ0n) is 15.1. The minimum Gasteiger partial charge on any atom is -0.361 e. The number of H-pyrrole nitrogens is 1. The van der Waals surface area contributed by atoms with E-state index in [2.05, 4.69) is 10.3 Å². The Labute approximate surface area is 159 Å². The third-order valence-electron chi connectivity index (χ3n) is 4.37. The van der Waals surface area contributed by atoms with Crippen molar-refractivity contribution in [3.05, 3.63) is 65.6 Å². The number of hydrogen-bond acceptors (Lipinski definition) is 2. The van der Waals surface area contributed by atoms with Crippen LogP contribution in [0.15, 0.2) is 42.6 Å². The Bertz CT molecular complexity index is 1030. The zero-order chi connectivity index (χ0) is 20.3. The standard InChI is InChI=1S/C20H18F3N3O2/c1-12(27)26(17-7-6-15(21)19(22)20(17)23)9-8-24-18(28)10-13-11-25-16-5-3-2-4-14(13)16/h2-7,11,25H,8-10H2,1H3,(H,24,28). The number of rotatable bonds is 6. The van der Waals surface area contributed by atoms with Crippen LogP contribution in [0.5, 0.6) is 0 Å². The molecule has 3 aromatic rings. The number of nitrogens with zero attached hydrogens (tertiary/aromatic N) is 1. The van der Waals surface area contributed by atoms with E-state index in [1.165, 1.54) is 6.92 Å². The summed E-state index contributed by atoms with van der Waals surface area (Å²) in [6.45, 7) is 1.12. The van der Waals surface area contributed by atoms with Gasteiger partial charge >= 0.3 is 0 Å². The molecule has 3 rings (SSSR count). The second kappa shape index (κ2) is 8.16. The van der Waals surface area contributed by atoms with E-state index in [-0.39, 0.29) is 31.1 Å². The van der Waals surface area contributed by atoms with Gasteiger partial charge in [0.05, 0.1) is 12.1 Å². The lowest BCUT2D eigenvalue weighted by Gasteiger charge is -2.22. The third kappa shape index (κ3) is 4.00. The van der Waals surface area contributed by atoms with Crippen LogP contribution in [-0.2, 0) is 16.0 Å². The first-order chi connectivity index (χ1) is 13.4. The number of aromatic amines is 1. The summed E-state index contributed by atoms with van der Waals surface area (Å²) >= 11 is 0.